The van der Waals surface area contributed by atoms with Gasteiger partial charge in [-0.1, -0.05) is 12.1 Å². The number of hydrogen-bond acceptors (Lipinski definition) is 5. The summed E-state index contributed by atoms with van der Waals surface area (Å²) < 4.78 is 5.28. The van der Waals surface area contributed by atoms with Gasteiger partial charge in [0.05, 0.1) is 24.5 Å². The molecule has 0 aliphatic carbocycles. The molecule has 1 aromatic rings. The van der Waals surface area contributed by atoms with E-state index in [1.54, 1.807) is 29.2 Å². The number of ether oxygens (including phenoxy) is 1. The Morgan fingerprint density at radius 1 is 1.23 bits per heavy atom. The third-order valence-corrected chi connectivity index (χ3v) is 4.53. The topological polar surface area (TPSA) is 83.4 Å². The predicted molar refractivity (Wildman–Crippen MR) is 96.7 cm³/mol. The molecule has 136 valence electrons. The number of carbonyl (C=O) groups excluding carboxylic acids is 2. The fraction of sp³-hybridized carbons (Fsp3) is 0.474. The first-order valence-corrected chi connectivity index (χ1v) is 8.77. The number of terminal acetylenes is 1. The van der Waals surface area contributed by atoms with E-state index in [4.69, 9.17) is 11.2 Å². The highest BCUT2D eigenvalue weighted by Crippen LogP contribution is 2.37. The van der Waals surface area contributed by atoms with Gasteiger partial charge in [0.15, 0.2) is 5.66 Å². The highest BCUT2D eigenvalue weighted by atomic mass is 16.5. The van der Waals surface area contributed by atoms with Crippen LogP contribution in [0.2, 0.25) is 0 Å². The van der Waals surface area contributed by atoms with Gasteiger partial charge in [0.2, 0.25) is 5.91 Å². The minimum absolute atomic E-state index is 0.0955. The van der Waals surface area contributed by atoms with Crippen LogP contribution in [0.5, 0.6) is 0 Å². The molecule has 1 fully saturated rings. The first-order valence-electron chi connectivity index (χ1n) is 8.77. The molecule has 1 aromatic carbocycles. The summed E-state index contributed by atoms with van der Waals surface area (Å²) >= 11 is 0. The van der Waals surface area contributed by atoms with Gasteiger partial charge in [-0.3, -0.25) is 9.59 Å². The normalized spacial score (nSPS) is 17.4. The van der Waals surface area contributed by atoms with Crippen molar-refractivity contribution in [3.8, 4) is 12.3 Å². The lowest BCUT2D eigenvalue weighted by Gasteiger charge is -2.27. The van der Waals surface area contributed by atoms with Crippen LogP contribution in [-0.4, -0.2) is 48.7 Å². The molecular weight excluding hydrogens is 332 g/mol. The monoisotopic (exact) mass is 354 g/mol. The van der Waals surface area contributed by atoms with Crippen molar-refractivity contribution in [2.45, 2.75) is 31.3 Å². The van der Waals surface area contributed by atoms with Crippen LogP contribution in [-0.2, 0) is 9.53 Å². The number of nitrogens with zero attached hydrogens (tertiary/aromatic N) is 3. The molecule has 1 N–H and O–H groups in total. The molecule has 3 rings (SSSR count). The number of benzene rings is 1. The Morgan fingerprint density at radius 3 is 2.65 bits per heavy atom. The molecule has 0 aromatic heterocycles. The van der Waals surface area contributed by atoms with Crippen LogP contribution in [0.1, 0.15) is 36.0 Å². The van der Waals surface area contributed by atoms with Crippen LogP contribution in [0.4, 0.5) is 5.69 Å². The van der Waals surface area contributed by atoms with E-state index in [1.807, 2.05) is 0 Å². The van der Waals surface area contributed by atoms with Gasteiger partial charge >= 0.3 is 0 Å². The number of nitrogens with one attached hydrogen (secondary N) is 1. The summed E-state index contributed by atoms with van der Waals surface area (Å²) in [5.41, 5.74) is 0.536. The number of rotatable bonds is 7. The lowest BCUT2D eigenvalue weighted by Crippen LogP contribution is -2.41. The Balaban J connectivity index is 1.58. The Labute approximate surface area is 152 Å². The molecule has 2 amide bonds. The molecule has 2 aliphatic rings. The van der Waals surface area contributed by atoms with Gasteiger partial charge in [0.1, 0.15) is 0 Å². The maximum absolute atomic E-state index is 12.7. The van der Waals surface area contributed by atoms with Gasteiger partial charge in [-0.15, -0.1) is 12.3 Å². The fourth-order valence-corrected chi connectivity index (χ4v) is 2.91. The molecule has 2 aliphatic heterocycles. The van der Waals surface area contributed by atoms with Crippen molar-refractivity contribution < 1.29 is 14.3 Å². The lowest BCUT2D eigenvalue weighted by molar-refractivity contribution is -0.116. The fourth-order valence-electron chi connectivity index (χ4n) is 2.91. The molecule has 0 spiro atoms. The Bertz CT molecular complexity index is 741. The first-order chi connectivity index (χ1) is 12.6. The molecule has 7 nitrogen and oxygen atoms in total. The summed E-state index contributed by atoms with van der Waals surface area (Å²) in [6.07, 6.45) is 7.33. The summed E-state index contributed by atoms with van der Waals surface area (Å²) in [7, 11) is 0. The van der Waals surface area contributed by atoms with Crippen LogP contribution in [0.15, 0.2) is 34.5 Å². The van der Waals surface area contributed by atoms with Gasteiger partial charge in [0, 0.05) is 38.8 Å². The highest BCUT2D eigenvalue weighted by molar-refractivity contribution is 6.03. The predicted octanol–water partition coefficient (Wildman–Crippen LogP) is 2.45. The lowest BCUT2D eigenvalue weighted by atomic mass is 10.0. The van der Waals surface area contributed by atoms with Gasteiger partial charge in [-0.05, 0) is 12.1 Å². The van der Waals surface area contributed by atoms with Crippen LogP contribution in [0, 0.1) is 12.3 Å². The smallest absolute Gasteiger partial charge is 0.256 e. The summed E-state index contributed by atoms with van der Waals surface area (Å²) in [6, 6.07) is 7.06. The molecule has 7 heteroatoms. The summed E-state index contributed by atoms with van der Waals surface area (Å²) in [4.78, 5) is 26.8. The summed E-state index contributed by atoms with van der Waals surface area (Å²) in [5, 5.41) is 10.9. The van der Waals surface area contributed by atoms with E-state index >= 15 is 0 Å². The summed E-state index contributed by atoms with van der Waals surface area (Å²) in [5.74, 6) is 2.31. The second-order valence-electron chi connectivity index (χ2n) is 6.38. The third-order valence-electron chi connectivity index (χ3n) is 4.53. The molecule has 1 saturated heterocycles. The maximum atomic E-state index is 12.7. The van der Waals surface area contributed by atoms with Crippen LogP contribution < -0.4 is 5.32 Å². The number of anilines is 1. The number of hydrogen-bond donors (Lipinski definition) is 1. The SMILES string of the molecule is C#CCCC1(CCC(=O)Nc2ccccc2C(=O)N2CCOCC2)N=N1. The van der Waals surface area contributed by atoms with Gasteiger partial charge in [-0.25, -0.2) is 0 Å². The molecule has 0 bridgehead atoms. The minimum Gasteiger partial charge on any atom is -0.378 e. The quantitative estimate of drug-likeness (QED) is 0.764. The minimum atomic E-state index is -0.479. The van der Waals surface area contributed by atoms with Gasteiger partial charge < -0.3 is 15.0 Å². The average molecular weight is 354 g/mol. The van der Waals surface area contributed by atoms with E-state index in [-0.39, 0.29) is 18.2 Å². The highest BCUT2D eigenvalue weighted by Gasteiger charge is 2.39. The van der Waals surface area contributed by atoms with Crippen molar-refractivity contribution in [1.29, 1.82) is 0 Å². The van der Waals surface area contributed by atoms with Crippen LogP contribution >= 0.6 is 0 Å². The molecule has 2 heterocycles. The van der Waals surface area contributed by atoms with E-state index in [0.29, 0.717) is 56.8 Å². The van der Waals surface area contributed by atoms with Crippen molar-refractivity contribution in [2.24, 2.45) is 10.2 Å². The maximum Gasteiger partial charge on any atom is 0.256 e. The second-order valence-corrected chi connectivity index (χ2v) is 6.38. The number of para-hydroxylation sites is 1. The average Bonchev–Trinajstić information content (AvgIpc) is 3.46. The molecule has 0 radical (unpaired) electrons. The molecule has 0 saturated carbocycles. The van der Waals surface area contributed by atoms with Crippen molar-refractivity contribution in [3.63, 3.8) is 0 Å². The van der Waals surface area contributed by atoms with E-state index in [2.05, 4.69) is 21.5 Å². The van der Waals surface area contributed by atoms with Crippen molar-refractivity contribution in [2.75, 3.05) is 31.6 Å². The zero-order valence-corrected chi connectivity index (χ0v) is 14.6. The van der Waals surface area contributed by atoms with Crippen molar-refractivity contribution in [3.05, 3.63) is 29.8 Å². The van der Waals surface area contributed by atoms with Crippen molar-refractivity contribution in [1.82, 2.24) is 4.90 Å². The van der Waals surface area contributed by atoms with Gasteiger partial charge in [0.25, 0.3) is 5.91 Å². The van der Waals surface area contributed by atoms with Crippen LogP contribution in [0.25, 0.3) is 0 Å². The Morgan fingerprint density at radius 2 is 1.96 bits per heavy atom. The second kappa shape index (κ2) is 8.11. The third kappa shape index (κ3) is 4.46. The molecular formula is C19H22N4O3. The zero-order valence-electron chi connectivity index (χ0n) is 14.6. The molecule has 0 atom stereocenters. The van der Waals surface area contributed by atoms with Crippen molar-refractivity contribution >= 4 is 17.5 Å². The number of amides is 2. The molecule has 0 unspecified atom stereocenters. The standard InChI is InChI=1S/C19H22N4O3/c1-2-3-9-19(21-22-19)10-8-17(24)20-16-7-5-4-6-15(16)18(25)23-11-13-26-14-12-23/h1,4-7H,3,8-14H2,(H,20,24). The molecule has 26 heavy (non-hydrogen) atoms. The zero-order chi connectivity index (χ0) is 18.4. The van der Waals surface area contributed by atoms with E-state index in [9.17, 15) is 9.59 Å². The van der Waals surface area contributed by atoms with E-state index < -0.39 is 5.66 Å². The summed E-state index contributed by atoms with van der Waals surface area (Å²) in [6.45, 7) is 2.18. The van der Waals surface area contributed by atoms with Gasteiger partial charge in [-0.2, -0.15) is 10.2 Å². The van der Waals surface area contributed by atoms with E-state index in [0.717, 1.165) is 0 Å². The Kier molecular flexibility index (Phi) is 5.64. The number of carbonyl (C=O) groups is 2. The number of morpholine rings is 1. The Hall–Kier alpha value is -2.72. The first kappa shape index (κ1) is 18.1. The van der Waals surface area contributed by atoms with E-state index in [1.165, 1.54) is 0 Å². The van der Waals surface area contributed by atoms with Crippen LogP contribution in [0.3, 0.4) is 0 Å². The largest absolute Gasteiger partial charge is 0.378 e.